The number of hydrogen-bond donors (Lipinski definition) is 1. The third-order valence-electron chi connectivity index (χ3n) is 4.99. The maximum absolute atomic E-state index is 13.4. The van der Waals surface area contributed by atoms with E-state index < -0.39 is 23.8 Å². The highest BCUT2D eigenvalue weighted by Crippen LogP contribution is 2.43. The number of benzene rings is 1. The van der Waals surface area contributed by atoms with Crippen LogP contribution < -0.4 is 5.32 Å². The summed E-state index contributed by atoms with van der Waals surface area (Å²) in [5.74, 6) is -0.961. The molecule has 0 bridgehead atoms. The zero-order valence-corrected chi connectivity index (χ0v) is 17.1. The Morgan fingerprint density at radius 2 is 2.03 bits per heavy atom. The molecule has 1 saturated carbocycles. The number of halogens is 5. The van der Waals surface area contributed by atoms with Crippen LogP contribution in [0.5, 0.6) is 0 Å². The molecule has 1 aromatic carbocycles. The average Bonchev–Trinajstić information content (AvgIpc) is 3.33. The van der Waals surface area contributed by atoms with Crippen LogP contribution in [0.25, 0.3) is 0 Å². The molecule has 4 rings (SSSR count). The summed E-state index contributed by atoms with van der Waals surface area (Å²) in [7, 11) is 0. The molecule has 0 spiro atoms. The van der Waals surface area contributed by atoms with Gasteiger partial charge >= 0.3 is 6.18 Å². The minimum atomic E-state index is -4.59. The summed E-state index contributed by atoms with van der Waals surface area (Å²) in [6.45, 7) is 1.69. The summed E-state index contributed by atoms with van der Waals surface area (Å²) >= 11 is 6.15. The van der Waals surface area contributed by atoms with Gasteiger partial charge in [0.2, 0.25) is 5.91 Å². The summed E-state index contributed by atoms with van der Waals surface area (Å²) < 4.78 is 55.2. The largest absolute Gasteiger partial charge is 0.435 e. The van der Waals surface area contributed by atoms with E-state index in [0.717, 1.165) is 23.6 Å². The molecule has 1 amide bonds. The SMILES string of the molecule is CC(C(=O)Nc1nn(Cc2cccc(F)c2)cc1Cl)n1nc(C(F)(F)F)cc1C1CC1. The highest BCUT2D eigenvalue weighted by molar-refractivity contribution is 6.33. The monoisotopic (exact) mass is 455 g/mol. The van der Waals surface area contributed by atoms with E-state index in [-0.39, 0.29) is 29.1 Å². The minimum Gasteiger partial charge on any atom is -0.306 e. The Balaban J connectivity index is 1.51. The maximum atomic E-state index is 13.4. The van der Waals surface area contributed by atoms with Crippen molar-refractivity contribution in [2.75, 3.05) is 5.32 Å². The van der Waals surface area contributed by atoms with E-state index in [1.165, 1.54) is 29.9 Å². The van der Waals surface area contributed by atoms with Crippen molar-refractivity contribution in [1.29, 1.82) is 0 Å². The quantitative estimate of drug-likeness (QED) is 0.531. The van der Waals surface area contributed by atoms with Crippen molar-refractivity contribution in [1.82, 2.24) is 19.6 Å². The molecule has 6 nitrogen and oxygen atoms in total. The fourth-order valence-corrected chi connectivity index (χ4v) is 3.46. The molecule has 1 unspecified atom stereocenters. The lowest BCUT2D eigenvalue weighted by molar-refractivity contribution is -0.141. The fourth-order valence-electron chi connectivity index (χ4n) is 3.26. The Hall–Kier alpha value is -2.88. The van der Waals surface area contributed by atoms with Gasteiger partial charge in [0, 0.05) is 17.8 Å². The first-order valence-electron chi connectivity index (χ1n) is 9.56. The number of aromatic nitrogens is 4. The second kappa shape index (κ2) is 7.99. The van der Waals surface area contributed by atoms with Crippen LogP contribution in [0.4, 0.5) is 23.4 Å². The first-order valence-corrected chi connectivity index (χ1v) is 9.94. The Labute approximate surface area is 179 Å². The van der Waals surface area contributed by atoms with Gasteiger partial charge in [-0.2, -0.15) is 23.4 Å². The van der Waals surface area contributed by atoms with Gasteiger partial charge in [-0.25, -0.2) is 4.39 Å². The van der Waals surface area contributed by atoms with E-state index >= 15 is 0 Å². The van der Waals surface area contributed by atoms with Crippen molar-refractivity contribution in [2.45, 2.75) is 44.4 Å². The lowest BCUT2D eigenvalue weighted by Gasteiger charge is -2.15. The number of anilines is 1. The summed E-state index contributed by atoms with van der Waals surface area (Å²) in [6, 6.07) is 5.96. The summed E-state index contributed by atoms with van der Waals surface area (Å²) in [6.07, 6.45) is -1.61. The number of alkyl halides is 3. The van der Waals surface area contributed by atoms with Crippen LogP contribution in [0.15, 0.2) is 36.5 Å². The molecule has 11 heteroatoms. The molecule has 3 aromatic rings. The van der Waals surface area contributed by atoms with Crippen LogP contribution in [0.1, 0.15) is 48.7 Å². The van der Waals surface area contributed by atoms with E-state index in [2.05, 4.69) is 15.5 Å². The number of amides is 1. The third-order valence-corrected chi connectivity index (χ3v) is 5.27. The van der Waals surface area contributed by atoms with E-state index in [0.29, 0.717) is 11.3 Å². The number of nitrogens with zero attached hydrogens (tertiary/aromatic N) is 4. The standard InChI is InChI=1S/C20H18ClF4N5O/c1-11(30-16(13-5-6-13)8-17(27-30)20(23,24)25)19(31)26-18-15(21)10-29(28-18)9-12-3-2-4-14(22)7-12/h2-4,7-8,10-11,13H,5-6,9H2,1H3,(H,26,28,31). The molecule has 2 aromatic heterocycles. The molecule has 1 aliphatic carbocycles. The van der Waals surface area contributed by atoms with Crippen LogP contribution in [-0.2, 0) is 17.5 Å². The van der Waals surface area contributed by atoms with E-state index in [1.807, 2.05) is 0 Å². The Bertz CT molecular complexity index is 1120. The predicted octanol–water partition coefficient (Wildman–Crippen LogP) is 5.02. The average molecular weight is 456 g/mol. The summed E-state index contributed by atoms with van der Waals surface area (Å²) in [5, 5.41) is 10.5. The molecule has 1 atom stereocenters. The number of hydrogen-bond acceptors (Lipinski definition) is 3. The van der Waals surface area contributed by atoms with Gasteiger partial charge in [-0.15, -0.1) is 0 Å². The number of carbonyl (C=O) groups excluding carboxylic acids is 1. The molecule has 2 heterocycles. The lowest BCUT2D eigenvalue weighted by atomic mass is 10.2. The second-order valence-corrected chi connectivity index (χ2v) is 7.90. The van der Waals surface area contributed by atoms with Crippen molar-refractivity contribution in [3.8, 4) is 0 Å². The molecule has 0 aliphatic heterocycles. The first-order chi connectivity index (χ1) is 14.6. The Morgan fingerprint density at radius 3 is 2.68 bits per heavy atom. The topological polar surface area (TPSA) is 64.7 Å². The van der Waals surface area contributed by atoms with Crippen LogP contribution >= 0.6 is 11.6 Å². The molecule has 1 fully saturated rings. The zero-order valence-electron chi connectivity index (χ0n) is 16.3. The van der Waals surface area contributed by atoms with Gasteiger partial charge < -0.3 is 5.32 Å². The first kappa shape index (κ1) is 21.4. The molecule has 1 aliphatic rings. The van der Waals surface area contributed by atoms with E-state index in [9.17, 15) is 22.4 Å². The molecular formula is C20H18ClF4N5O. The maximum Gasteiger partial charge on any atom is 0.435 e. The molecule has 164 valence electrons. The number of rotatable bonds is 6. The molecule has 1 N–H and O–H groups in total. The van der Waals surface area contributed by atoms with Crippen molar-refractivity contribution in [3.05, 3.63) is 64.3 Å². The summed E-state index contributed by atoms with van der Waals surface area (Å²) in [4.78, 5) is 12.7. The summed E-state index contributed by atoms with van der Waals surface area (Å²) in [5.41, 5.74) is 0.0138. The third kappa shape index (κ3) is 4.73. The van der Waals surface area contributed by atoms with E-state index in [1.54, 1.807) is 12.1 Å². The van der Waals surface area contributed by atoms with Crippen LogP contribution in [0, 0.1) is 5.82 Å². The van der Waals surface area contributed by atoms with Gasteiger partial charge in [-0.3, -0.25) is 14.2 Å². The van der Waals surface area contributed by atoms with E-state index in [4.69, 9.17) is 11.6 Å². The fraction of sp³-hybridized carbons (Fsp3) is 0.350. The molecule has 31 heavy (non-hydrogen) atoms. The molecular weight excluding hydrogens is 438 g/mol. The van der Waals surface area contributed by atoms with Gasteiger partial charge in [0.1, 0.15) is 16.9 Å². The Kier molecular flexibility index (Phi) is 5.50. The number of carbonyl (C=O) groups is 1. The smallest absolute Gasteiger partial charge is 0.306 e. The van der Waals surface area contributed by atoms with Crippen molar-refractivity contribution in [3.63, 3.8) is 0 Å². The van der Waals surface area contributed by atoms with Gasteiger partial charge in [0.05, 0.1) is 6.54 Å². The zero-order chi connectivity index (χ0) is 22.3. The van der Waals surface area contributed by atoms with Gasteiger partial charge in [0.25, 0.3) is 0 Å². The van der Waals surface area contributed by atoms with Crippen molar-refractivity contribution in [2.24, 2.45) is 0 Å². The van der Waals surface area contributed by atoms with Crippen LogP contribution in [0.2, 0.25) is 5.02 Å². The van der Waals surface area contributed by atoms with Gasteiger partial charge in [-0.1, -0.05) is 23.7 Å². The van der Waals surface area contributed by atoms with Crippen molar-refractivity contribution >= 4 is 23.3 Å². The van der Waals surface area contributed by atoms with Crippen LogP contribution in [-0.4, -0.2) is 25.5 Å². The molecule has 0 radical (unpaired) electrons. The Morgan fingerprint density at radius 1 is 1.29 bits per heavy atom. The lowest BCUT2D eigenvalue weighted by Crippen LogP contribution is -2.26. The number of nitrogens with one attached hydrogen (secondary N) is 1. The molecule has 0 saturated heterocycles. The van der Waals surface area contributed by atoms with Gasteiger partial charge in [0.15, 0.2) is 11.5 Å². The predicted molar refractivity (Wildman–Crippen MR) is 105 cm³/mol. The van der Waals surface area contributed by atoms with Gasteiger partial charge in [-0.05, 0) is 43.5 Å². The van der Waals surface area contributed by atoms with Crippen LogP contribution in [0.3, 0.4) is 0 Å². The highest BCUT2D eigenvalue weighted by atomic mass is 35.5. The normalized spacial score (nSPS) is 15.2. The van der Waals surface area contributed by atoms with Crippen molar-refractivity contribution < 1.29 is 22.4 Å². The second-order valence-electron chi connectivity index (χ2n) is 7.49. The minimum absolute atomic E-state index is 0.0343. The highest BCUT2D eigenvalue weighted by Gasteiger charge is 2.39.